The summed E-state index contributed by atoms with van der Waals surface area (Å²) >= 11 is 0. The Hall–Kier alpha value is -3.28. The SMILES string of the molecule is COc1cc(/C=C/C(=O)OCC(=O)Nc2cccc(C)c2C)cc(OC)c1. The van der Waals surface area contributed by atoms with E-state index in [9.17, 15) is 9.59 Å². The number of anilines is 1. The number of nitrogens with one attached hydrogen (secondary N) is 1. The number of hydrogen-bond donors (Lipinski definition) is 1. The second-order valence-corrected chi connectivity index (χ2v) is 5.88. The fraction of sp³-hybridized carbons (Fsp3) is 0.238. The molecule has 2 aromatic rings. The van der Waals surface area contributed by atoms with Crippen LogP contribution in [0.4, 0.5) is 5.69 Å². The van der Waals surface area contributed by atoms with Gasteiger partial charge in [0, 0.05) is 17.8 Å². The van der Waals surface area contributed by atoms with Gasteiger partial charge in [-0.05, 0) is 54.8 Å². The van der Waals surface area contributed by atoms with Gasteiger partial charge in [0.2, 0.25) is 0 Å². The molecule has 0 aromatic heterocycles. The highest BCUT2D eigenvalue weighted by Gasteiger charge is 2.08. The standard InChI is InChI=1S/C21H23NO5/c1-14-6-5-7-19(15(14)2)22-20(23)13-27-21(24)9-8-16-10-17(25-3)12-18(11-16)26-4/h5-12H,13H2,1-4H3,(H,22,23)/b9-8+. The van der Waals surface area contributed by atoms with Gasteiger partial charge < -0.3 is 19.5 Å². The maximum absolute atomic E-state index is 12.0. The van der Waals surface area contributed by atoms with Crippen molar-refractivity contribution in [3.63, 3.8) is 0 Å². The summed E-state index contributed by atoms with van der Waals surface area (Å²) in [5.74, 6) is 0.201. The summed E-state index contributed by atoms with van der Waals surface area (Å²) in [6.07, 6.45) is 2.81. The highest BCUT2D eigenvalue weighted by atomic mass is 16.5. The van der Waals surface area contributed by atoms with Crippen LogP contribution in [-0.2, 0) is 14.3 Å². The second kappa shape index (κ2) is 9.43. The zero-order valence-electron chi connectivity index (χ0n) is 15.9. The molecular formula is C21H23NO5. The summed E-state index contributed by atoms with van der Waals surface area (Å²) in [7, 11) is 3.09. The third-order valence-corrected chi connectivity index (χ3v) is 4.01. The lowest BCUT2D eigenvalue weighted by Crippen LogP contribution is -2.20. The zero-order chi connectivity index (χ0) is 19.8. The summed E-state index contributed by atoms with van der Waals surface area (Å²) in [5.41, 5.74) is 3.46. The number of hydrogen-bond acceptors (Lipinski definition) is 5. The van der Waals surface area contributed by atoms with Crippen LogP contribution in [0.25, 0.3) is 6.08 Å². The van der Waals surface area contributed by atoms with E-state index in [-0.39, 0.29) is 6.61 Å². The Balaban J connectivity index is 1.91. The molecule has 6 heteroatoms. The maximum Gasteiger partial charge on any atom is 0.331 e. The molecule has 0 aliphatic heterocycles. The van der Waals surface area contributed by atoms with Crippen LogP contribution in [-0.4, -0.2) is 32.7 Å². The molecule has 0 radical (unpaired) electrons. The molecule has 2 aromatic carbocycles. The van der Waals surface area contributed by atoms with Gasteiger partial charge in [-0.15, -0.1) is 0 Å². The number of carbonyl (C=O) groups is 2. The van der Waals surface area contributed by atoms with Crippen molar-refractivity contribution >= 4 is 23.6 Å². The monoisotopic (exact) mass is 369 g/mol. The first-order valence-corrected chi connectivity index (χ1v) is 8.37. The van der Waals surface area contributed by atoms with Gasteiger partial charge in [-0.25, -0.2) is 4.79 Å². The molecule has 0 aliphatic rings. The molecule has 0 heterocycles. The van der Waals surface area contributed by atoms with E-state index in [1.54, 1.807) is 44.6 Å². The minimum Gasteiger partial charge on any atom is -0.497 e. The van der Waals surface area contributed by atoms with Gasteiger partial charge in [0.1, 0.15) is 11.5 Å². The molecule has 0 bridgehead atoms. The Morgan fingerprint density at radius 1 is 1.04 bits per heavy atom. The highest BCUT2D eigenvalue weighted by molar-refractivity contribution is 5.95. The van der Waals surface area contributed by atoms with Crippen LogP contribution in [0.15, 0.2) is 42.5 Å². The number of rotatable bonds is 7. The number of carbonyl (C=O) groups excluding carboxylic acids is 2. The average molecular weight is 369 g/mol. The summed E-state index contributed by atoms with van der Waals surface area (Å²) in [4.78, 5) is 23.8. The molecule has 1 N–H and O–H groups in total. The topological polar surface area (TPSA) is 73.9 Å². The predicted octanol–water partition coefficient (Wildman–Crippen LogP) is 3.52. The van der Waals surface area contributed by atoms with Gasteiger partial charge in [0.05, 0.1) is 14.2 Å². The molecule has 0 spiro atoms. The van der Waals surface area contributed by atoms with E-state index < -0.39 is 11.9 Å². The molecule has 0 atom stereocenters. The predicted molar refractivity (Wildman–Crippen MR) is 104 cm³/mol. The van der Waals surface area contributed by atoms with Crippen molar-refractivity contribution in [1.29, 1.82) is 0 Å². The lowest BCUT2D eigenvalue weighted by atomic mass is 10.1. The molecule has 1 amide bonds. The number of esters is 1. The number of methoxy groups -OCH3 is 2. The summed E-state index contributed by atoms with van der Waals surface area (Å²) in [6, 6.07) is 10.9. The van der Waals surface area contributed by atoms with Crippen molar-refractivity contribution < 1.29 is 23.8 Å². The number of aryl methyl sites for hydroxylation is 1. The Bertz CT molecular complexity index is 835. The van der Waals surface area contributed by atoms with Crippen LogP contribution in [0, 0.1) is 13.8 Å². The van der Waals surface area contributed by atoms with Crippen molar-refractivity contribution in [3.8, 4) is 11.5 Å². The van der Waals surface area contributed by atoms with Gasteiger partial charge in [0.25, 0.3) is 5.91 Å². The van der Waals surface area contributed by atoms with Crippen LogP contribution < -0.4 is 14.8 Å². The fourth-order valence-corrected chi connectivity index (χ4v) is 2.35. The van der Waals surface area contributed by atoms with Gasteiger partial charge in [0.15, 0.2) is 6.61 Å². The zero-order valence-corrected chi connectivity index (χ0v) is 15.9. The highest BCUT2D eigenvalue weighted by Crippen LogP contribution is 2.23. The molecule has 0 saturated carbocycles. The Labute approximate surface area is 158 Å². The minimum atomic E-state index is -0.618. The van der Waals surface area contributed by atoms with E-state index >= 15 is 0 Å². The van der Waals surface area contributed by atoms with Crippen molar-refractivity contribution in [2.24, 2.45) is 0 Å². The van der Waals surface area contributed by atoms with Gasteiger partial charge in [-0.1, -0.05) is 12.1 Å². The lowest BCUT2D eigenvalue weighted by molar-refractivity contribution is -0.142. The first-order chi connectivity index (χ1) is 12.9. The average Bonchev–Trinajstić information content (AvgIpc) is 2.68. The molecule has 142 valence electrons. The molecule has 0 aliphatic carbocycles. The Morgan fingerprint density at radius 2 is 1.70 bits per heavy atom. The van der Waals surface area contributed by atoms with Crippen molar-refractivity contribution in [2.75, 3.05) is 26.1 Å². The van der Waals surface area contributed by atoms with E-state index in [4.69, 9.17) is 14.2 Å². The molecule has 0 saturated heterocycles. The van der Waals surface area contributed by atoms with Crippen LogP contribution in [0.3, 0.4) is 0 Å². The minimum absolute atomic E-state index is 0.363. The molecule has 27 heavy (non-hydrogen) atoms. The largest absolute Gasteiger partial charge is 0.497 e. The summed E-state index contributed by atoms with van der Waals surface area (Å²) in [5, 5.41) is 2.74. The van der Waals surface area contributed by atoms with Crippen molar-refractivity contribution in [2.45, 2.75) is 13.8 Å². The normalized spacial score (nSPS) is 10.5. The quantitative estimate of drug-likeness (QED) is 0.597. The van der Waals surface area contributed by atoms with Crippen LogP contribution in [0.5, 0.6) is 11.5 Å². The molecule has 2 rings (SSSR count). The second-order valence-electron chi connectivity index (χ2n) is 5.88. The van der Waals surface area contributed by atoms with Crippen LogP contribution >= 0.6 is 0 Å². The fourth-order valence-electron chi connectivity index (χ4n) is 2.35. The van der Waals surface area contributed by atoms with Gasteiger partial charge in [-0.2, -0.15) is 0 Å². The summed E-state index contributed by atoms with van der Waals surface area (Å²) < 4.78 is 15.3. The Kier molecular flexibility index (Phi) is 7.00. The first-order valence-electron chi connectivity index (χ1n) is 8.37. The van der Waals surface area contributed by atoms with E-state index in [1.165, 1.54) is 6.08 Å². The molecule has 0 unspecified atom stereocenters. The van der Waals surface area contributed by atoms with Crippen LogP contribution in [0.2, 0.25) is 0 Å². The smallest absolute Gasteiger partial charge is 0.331 e. The third-order valence-electron chi connectivity index (χ3n) is 4.01. The third kappa shape index (κ3) is 5.88. The van der Waals surface area contributed by atoms with E-state index in [0.717, 1.165) is 11.1 Å². The Morgan fingerprint density at radius 3 is 2.33 bits per heavy atom. The number of benzene rings is 2. The molecule has 0 fully saturated rings. The maximum atomic E-state index is 12.0. The van der Waals surface area contributed by atoms with E-state index in [0.29, 0.717) is 22.7 Å². The van der Waals surface area contributed by atoms with Gasteiger partial charge >= 0.3 is 5.97 Å². The van der Waals surface area contributed by atoms with E-state index in [1.807, 2.05) is 26.0 Å². The first kappa shape index (κ1) is 20.0. The van der Waals surface area contributed by atoms with E-state index in [2.05, 4.69) is 5.32 Å². The van der Waals surface area contributed by atoms with Gasteiger partial charge in [-0.3, -0.25) is 4.79 Å². The number of amides is 1. The van der Waals surface area contributed by atoms with Crippen molar-refractivity contribution in [3.05, 3.63) is 59.2 Å². The van der Waals surface area contributed by atoms with Crippen molar-refractivity contribution in [1.82, 2.24) is 0 Å². The van der Waals surface area contributed by atoms with Crippen LogP contribution in [0.1, 0.15) is 16.7 Å². The summed E-state index contributed by atoms with van der Waals surface area (Å²) in [6.45, 7) is 3.52. The number of ether oxygens (including phenoxy) is 3. The molecular weight excluding hydrogens is 346 g/mol. The lowest BCUT2D eigenvalue weighted by Gasteiger charge is -2.10. The molecule has 6 nitrogen and oxygen atoms in total.